The highest BCUT2D eigenvalue weighted by molar-refractivity contribution is 7.99. The first-order chi connectivity index (χ1) is 15.3. The number of rotatable bonds is 7. The van der Waals surface area contributed by atoms with Crippen molar-refractivity contribution in [2.24, 2.45) is 7.05 Å². The third-order valence-electron chi connectivity index (χ3n) is 5.41. The summed E-state index contributed by atoms with van der Waals surface area (Å²) in [6, 6.07) is 10.9. The zero-order valence-electron chi connectivity index (χ0n) is 18.0. The fourth-order valence-electron chi connectivity index (χ4n) is 3.45. The van der Waals surface area contributed by atoms with Crippen LogP contribution in [0.4, 0.5) is 0 Å². The molecule has 2 aromatic heterocycles. The second-order valence-electron chi connectivity index (χ2n) is 7.60. The predicted molar refractivity (Wildman–Crippen MR) is 125 cm³/mol. The molecule has 0 bridgehead atoms. The molecule has 32 heavy (non-hydrogen) atoms. The summed E-state index contributed by atoms with van der Waals surface area (Å²) in [5.41, 5.74) is 1.01. The number of nitrogens with zero attached hydrogens (tertiary/aromatic N) is 5. The summed E-state index contributed by atoms with van der Waals surface area (Å²) in [6.07, 6.45) is 0.715. The molecule has 0 unspecified atom stereocenters. The van der Waals surface area contributed by atoms with Gasteiger partial charge >= 0.3 is 0 Å². The summed E-state index contributed by atoms with van der Waals surface area (Å²) in [5, 5.41) is 11.2. The van der Waals surface area contributed by atoms with Gasteiger partial charge in [0.05, 0.1) is 10.6 Å². The first-order valence-electron chi connectivity index (χ1n) is 10.2. The molecule has 1 aliphatic heterocycles. The number of hydrogen-bond donors (Lipinski definition) is 0. The molecule has 0 N–H and O–H groups in total. The summed E-state index contributed by atoms with van der Waals surface area (Å²) in [7, 11) is -1.63. The number of aryl methyl sites for hydroxylation is 1. The van der Waals surface area contributed by atoms with Crippen LogP contribution in [0.2, 0.25) is 0 Å². The predicted octanol–water partition coefficient (Wildman–Crippen LogP) is 2.40. The lowest BCUT2D eigenvalue weighted by Crippen LogP contribution is -2.50. The van der Waals surface area contributed by atoms with Crippen LogP contribution in [0.25, 0.3) is 0 Å². The Morgan fingerprint density at radius 3 is 2.47 bits per heavy atom. The van der Waals surface area contributed by atoms with Crippen LogP contribution in [-0.2, 0) is 28.3 Å². The number of thioether (sulfide) groups is 1. The molecule has 1 aromatic carbocycles. The maximum absolute atomic E-state index is 12.8. The highest BCUT2D eigenvalue weighted by atomic mass is 32.2. The lowest BCUT2D eigenvalue weighted by atomic mass is 10.2. The minimum atomic E-state index is -3.54. The minimum absolute atomic E-state index is 0.0230. The van der Waals surface area contributed by atoms with Crippen molar-refractivity contribution in [3.63, 3.8) is 0 Å². The molecule has 1 aliphatic rings. The van der Waals surface area contributed by atoms with Crippen molar-refractivity contribution in [1.29, 1.82) is 0 Å². The Balaban J connectivity index is 1.30. The average Bonchev–Trinajstić information content (AvgIpc) is 3.43. The van der Waals surface area contributed by atoms with E-state index in [1.807, 2.05) is 30.0 Å². The summed E-state index contributed by atoms with van der Waals surface area (Å²) in [4.78, 5) is 15.9. The van der Waals surface area contributed by atoms with E-state index in [4.69, 9.17) is 0 Å². The molecule has 8 nitrogen and oxygen atoms in total. The van der Waals surface area contributed by atoms with E-state index in [0.717, 1.165) is 11.4 Å². The Bertz CT molecular complexity index is 1170. The van der Waals surface area contributed by atoms with Crippen LogP contribution >= 0.6 is 23.1 Å². The molecule has 0 aliphatic carbocycles. The number of aromatic nitrogens is 3. The number of sulfonamides is 1. The van der Waals surface area contributed by atoms with Gasteiger partial charge in [-0.15, -0.1) is 21.5 Å². The Morgan fingerprint density at radius 2 is 1.81 bits per heavy atom. The van der Waals surface area contributed by atoms with Gasteiger partial charge in [0, 0.05) is 44.5 Å². The maximum atomic E-state index is 12.8. The van der Waals surface area contributed by atoms with Gasteiger partial charge in [0.2, 0.25) is 15.9 Å². The number of hydrogen-bond acceptors (Lipinski definition) is 7. The molecule has 170 valence electrons. The molecule has 1 saturated heterocycles. The molecule has 11 heteroatoms. The van der Waals surface area contributed by atoms with Crippen LogP contribution in [0, 0.1) is 6.92 Å². The van der Waals surface area contributed by atoms with E-state index in [0.29, 0.717) is 42.7 Å². The van der Waals surface area contributed by atoms with Crippen LogP contribution < -0.4 is 0 Å². The monoisotopic (exact) mass is 491 g/mol. The number of piperazine rings is 1. The standard InChI is InChI=1S/C21H25N5O3S3/c1-16-5-7-18(8-6-16)32(28,29)26-11-9-25(10-12-26)20(27)15-31-21-23-22-19(24(21)2)14-17-4-3-13-30-17/h3-8,13H,9-12,14-15H2,1-2H3. The van der Waals surface area contributed by atoms with Gasteiger partial charge in [-0.25, -0.2) is 8.42 Å². The number of amides is 1. The number of carbonyl (C=O) groups is 1. The second-order valence-corrected chi connectivity index (χ2v) is 11.5. The molecule has 4 rings (SSSR count). The van der Waals surface area contributed by atoms with Crippen molar-refractivity contribution in [2.45, 2.75) is 23.4 Å². The van der Waals surface area contributed by atoms with Gasteiger partial charge in [-0.2, -0.15) is 4.31 Å². The third kappa shape index (κ3) is 5.06. The largest absolute Gasteiger partial charge is 0.339 e. The van der Waals surface area contributed by atoms with Crippen molar-refractivity contribution in [1.82, 2.24) is 24.0 Å². The second kappa shape index (κ2) is 9.74. The first kappa shape index (κ1) is 23.0. The van der Waals surface area contributed by atoms with Gasteiger partial charge in [0.1, 0.15) is 5.82 Å². The topological polar surface area (TPSA) is 88.4 Å². The SMILES string of the molecule is Cc1ccc(S(=O)(=O)N2CCN(C(=O)CSc3nnc(Cc4cccs4)n3C)CC2)cc1. The van der Waals surface area contributed by atoms with Gasteiger partial charge in [0.25, 0.3) is 0 Å². The van der Waals surface area contributed by atoms with Gasteiger partial charge in [0.15, 0.2) is 5.16 Å². The lowest BCUT2D eigenvalue weighted by Gasteiger charge is -2.34. The zero-order chi connectivity index (χ0) is 22.7. The maximum Gasteiger partial charge on any atom is 0.243 e. The lowest BCUT2D eigenvalue weighted by molar-refractivity contribution is -0.129. The molecule has 0 atom stereocenters. The van der Waals surface area contributed by atoms with Gasteiger partial charge in [-0.05, 0) is 30.5 Å². The van der Waals surface area contributed by atoms with Crippen LogP contribution in [-0.4, -0.2) is 70.2 Å². The van der Waals surface area contributed by atoms with Crippen molar-refractivity contribution >= 4 is 39.0 Å². The van der Waals surface area contributed by atoms with E-state index < -0.39 is 10.0 Å². The normalized spacial score (nSPS) is 15.2. The molecular weight excluding hydrogens is 466 g/mol. The van der Waals surface area contributed by atoms with Gasteiger partial charge in [-0.1, -0.05) is 35.5 Å². The first-order valence-corrected chi connectivity index (χ1v) is 13.5. The molecule has 0 radical (unpaired) electrons. The van der Waals surface area contributed by atoms with Crippen molar-refractivity contribution in [3.05, 3.63) is 58.0 Å². The molecule has 0 spiro atoms. The smallest absolute Gasteiger partial charge is 0.243 e. The summed E-state index contributed by atoms with van der Waals surface area (Å²) in [5.74, 6) is 1.08. The Morgan fingerprint density at radius 1 is 1.09 bits per heavy atom. The number of benzene rings is 1. The van der Waals surface area contributed by atoms with Crippen molar-refractivity contribution in [3.8, 4) is 0 Å². The summed E-state index contributed by atoms with van der Waals surface area (Å²) >= 11 is 3.03. The highest BCUT2D eigenvalue weighted by Gasteiger charge is 2.30. The van der Waals surface area contributed by atoms with Crippen LogP contribution in [0.1, 0.15) is 16.3 Å². The Labute approximate surface area is 196 Å². The minimum Gasteiger partial charge on any atom is -0.339 e. The Kier molecular flexibility index (Phi) is 6.99. The van der Waals surface area contributed by atoms with Crippen LogP contribution in [0.3, 0.4) is 0 Å². The number of thiophene rings is 1. The van der Waals surface area contributed by atoms with Gasteiger partial charge < -0.3 is 9.47 Å². The fourth-order valence-corrected chi connectivity index (χ4v) is 6.40. The average molecular weight is 492 g/mol. The molecule has 1 fully saturated rings. The molecule has 0 saturated carbocycles. The van der Waals surface area contributed by atoms with E-state index in [9.17, 15) is 13.2 Å². The Hall–Kier alpha value is -2.21. The highest BCUT2D eigenvalue weighted by Crippen LogP contribution is 2.21. The molecule has 3 aromatic rings. The van der Waals surface area contributed by atoms with Crippen molar-refractivity contribution < 1.29 is 13.2 Å². The van der Waals surface area contributed by atoms with Gasteiger partial charge in [-0.3, -0.25) is 4.79 Å². The van der Waals surface area contributed by atoms with E-state index in [1.165, 1.54) is 20.9 Å². The van der Waals surface area contributed by atoms with E-state index >= 15 is 0 Å². The summed E-state index contributed by atoms with van der Waals surface area (Å²) in [6.45, 7) is 3.27. The van der Waals surface area contributed by atoms with Crippen molar-refractivity contribution in [2.75, 3.05) is 31.9 Å². The molecular formula is C21H25N5O3S3. The zero-order valence-corrected chi connectivity index (χ0v) is 20.4. The quantitative estimate of drug-likeness (QED) is 0.472. The van der Waals surface area contributed by atoms with Crippen LogP contribution in [0.5, 0.6) is 0 Å². The molecule has 1 amide bonds. The summed E-state index contributed by atoms with van der Waals surface area (Å²) < 4.78 is 29.1. The number of carbonyl (C=O) groups excluding carboxylic acids is 1. The van der Waals surface area contributed by atoms with E-state index in [1.54, 1.807) is 40.5 Å². The fraction of sp³-hybridized carbons (Fsp3) is 0.381. The van der Waals surface area contributed by atoms with E-state index in [2.05, 4.69) is 16.3 Å². The molecule has 3 heterocycles. The van der Waals surface area contributed by atoms with E-state index in [-0.39, 0.29) is 11.7 Å². The van der Waals surface area contributed by atoms with Crippen LogP contribution in [0.15, 0.2) is 51.8 Å². The third-order valence-corrected chi connectivity index (χ3v) is 9.21.